The van der Waals surface area contributed by atoms with Gasteiger partial charge in [0.2, 0.25) is 0 Å². The Bertz CT molecular complexity index is 299. The smallest absolute Gasteiger partial charge is 0.0897 e. The predicted octanol–water partition coefficient (Wildman–Crippen LogP) is 2.40. The second-order valence-corrected chi connectivity index (χ2v) is 5.32. The van der Waals surface area contributed by atoms with Crippen LogP contribution in [0.4, 0.5) is 0 Å². The summed E-state index contributed by atoms with van der Waals surface area (Å²) in [6.07, 6.45) is 2.34. The van der Waals surface area contributed by atoms with Crippen molar-refractivity contribution in [3.05, 3.63) is 16.1 Å². The molecule has 0 spiro atoms. The van der Waals surface area contributed by atoms with Crippen molar-refractivity contribution in [2.75, 3.05) is 13.7 Å². The summed E-state index contributed by atoms with van der Waals surface area (Å²) in [6, 6.07) is 0.459. The maximum Gasteiger partial charge on any atom is 0.0897 e. The summed E-state index contributed by atoms with van der Waals surface area (Å²) < 4.78 is 5.56. The lowest BCUT2D eigenvalue weighted by Crippen LogP contribution is -2.29. The van der Waals surface area contributed by atoms with Gasteiger partial charge in [0.1, 0.15) is 0 Å². The van der Waals surface area contributed by atoms with E-state index in [9.17, 15) is 0 Å². The zero-order chi connectivity index (χ0) is 12.0. The van der Waals surface area contributed by atoms with Gasteiger partial charge in [-0.15, -0.1) is 11.3 Å². The maximum atomic E-state index is 5.56. The molecule has 1 rings (SSSR count). The van der Waals surface area contributed by atoms with Crippen molar-refractivity contribution >= 4 is 11.3 Å². The molecule has 4 heteroatoms. The number of thiazole rings is 1. The lowest BCUT2D eigenvalue weighted by atomic mass is 10.1. The van der Waals surface area contributed by atoms with E-state index in [1.807, 2.05) is 14.0 Å². The van der Waals surface area contributed by atoms with E-state index in [4.69, 9.17) is 4.74 Å². The molecule has 1 aromatic heterocycles. The third kappa shape index (κ3) is 5.05. The summed E-state index contributed by atoms with van der Waals surface area (Å²) in [5, 5.41) is 6.60. The Kier molecular flexibility index (Phi) is 5.95. The molecular weight excluding hydrogens is 220 g/mol. The van der Waals surface area contributed by atoms with E-state index in [0.29, 0.717) is 12.1 Å². The van der Waals surface area contributed by atoms with Crippen molar-refractivity contribution in [1.29, 1.82) is 0 Å². The number of rotatable bonds is 7. The Balaban J connectivity index is 2.31. The van der Waals surface area contributed by atoms with Gasteiger partial charge >= 0.3 is 0 Å². The van der Waals surface area contributed by atoms with Crippen molar-refractivity contribution in [3.63, 3.8) is 0 Å². The molecule has 1 heterocycles. The molecule has 0 aromatic carbocycles. The van der Waals surface area contributed by atoms with Crippen LogP contribution in [0.25, 0.3) is 0 Å². The average molecular weight is 242 g/mol. The van der Waals surface area contributed by atoms with E-state index in [-0.39, 0.29) is 0 Å². The van der Waals surface area contributed by atoms with Gasteiger partial charge in [-0.2, -0.15) is 0 Å². The van der Waals surface area contributed by atoms with Crippen LogP contribution in [0.15, 0.2) is 5.38 Å². The van der Waals surface area contributed by atoms with Crippen LogP contribution in [0.5, 0.6) is 0 Å². The van der Waals surface area contributed by atoms with Crippen molar-refractivity contribution in [1.82, 2.24) is 10.3 Å². The molecule has 0 aliphatic rings. The van der Waals surface area contributed by atoms with Crippen molar-refractivity contribution in [2.24, 2.45) is 0 Å². The van der Waals surface area contributed by atoms with Crippen LogP contribution >= 0.6 is 11.3 Å². The van der Waals surface area contributed by atoms with Gasteiger partial charge in [-0.3, -0.25) is 0 Å². The number of aryl methyl sites for hydroxylation is 1. The van der Waals surface area contributed by atoms with Gasteiger partial charge in [0.05, 0.1) is 16.8 Å². The molecule has 1 N–H and O–H groups in total. The molecule has 0 saturated heterocycles. The highest BCUT2D eigenvalue weighted by atomic mass is 32.1. The first-order chi connectivity index (χ1) is 7.61. The SMILES string of the molecule is CNC(CCOC(C)C)Cc1csc(C)n1. The maximum absolute atomic E-state index is 5.56. The van der Waals surface area contributed by atoms with Crippen LogP contribution in [0.3, 0.4) is 0 Å². The van der Waals surface area contributed by atoms with Crippen LogP contribution in [0.1, 0.15) is 31.0 Å². The predicted molar refractivity (Wildman–Crippen MR) is 69.1 cm³/mol. The Morgan fingerprint density at radius 2 is 2.25 bits per heavy atom. The summed E-state index contributed by atoms with van der Waals surface area (Å²) in [4.78, 5) is 4.48. The highest BCUT2D eigenvalue weighted by molar-refractivity contribution is 7.09. The van der Waals surface area contributed by atoms with Crippen LogP contribution in [-0.4, -0.2) is 30.8 Å². The molecule has 1 aromatic rings. The first-order valence-corrected chi connectivity index (χ1v) is 6.69. The molecule has 92 valence electrons. The van der Waals surface area contributed by atoms with Crippen molar-refractivity contribution < 1.29 is 4.74 Å². The monoisotopic (exact) mass is 242 g/mol. The normalized spacial score (nSPS) is 13.3. The van der Waals surface area contributed by atoms with Crippen molar-refractivity contribution in [3.8, 4) is 0 Å². The van der Waals surface area contributed by atoms with Gasteiger partial charge in [-0.1, -0.05) is 0 Å². The Hall–Kier alpha value is -0.450. The lowest BCUT2D eigenvalue weighted by Gasteiger charge is -2.16. The Morgan fingerprint density at radius 1 is 1.50 bits per heavy atom. The van der Waals surface area contributed by atoms with Gasteiger partial charge in [0, 0.05) is 24.4 Å². The summed E-state index contributed by atoms with van der Waals surface area (Å²) >= 11 is 1.72. The molecule has 0 aliphatic heterocycles. The van der Waals surface area contributed by atoms with E-state index in [0.717, 1.165) is 24.5 Å². The Labute approximate surface area is 102 Å². The van der Waals surface area contributed by atoms with E-state index in [1.165, 1.54) is 5.69 Å². The van der Waals surface area contributed by atoms with Crippen LogP contribution in [-0.2, 0) is 11.2 Å². The number of nitrogens with zero attached hydrogens (tertiary/aromatic N) is 1. The largest absolute Gasteiger partial charge is 0.379 e. The summed E-state index contributed by atoms with van der Waals surface area (Å²) in [5.41, 5.74) is 1.19. The van der Waals surface area contributed by atoms with Gasteiger partial charge in [-0.25, -0.2) is 4.98 Å². The summed E-state index contributed by atoms with van der Waals surface area (Å²) in [7, 11) is 2.00. The minimum atomic E-state index is 0.319. The number of aromatic nitrogens is 1. The quantitative estimate of drug-likeness (QED) is 0.797. The van der Waals surface area contributed by atoms with E-state index < -0.39 is 0 Å². The second kappa shape index (κ2) is 6.99. The molecule has 0 saturated carbocycles. The van der Waals surface area contributed by atoms with Gasteiger partial charge in [0.25, 0.3) is 0 Å². The molecule has 3 nitrogen and oxygen atoms in total. The number of likely N-dealkylation sites (N-methyl/N-ethyl adjacent to an activating group) is 1. The van der Waals surface area contributed by atoms with Gasteiger partial charge < -0.3 is 10.1 Å². The molecule has 16 heavy (non-hydrogen) atoms. The van der Waals surface area contributed by atoms with Gasteiger partial charge in [-0.05, 0) is 34.2 Å². The zero-order valence-corrected chi connectivity index (χ0v) is 11.4. The van der Waals surface area contributed by atoms with E-state index in [2.05, 4.69) is 29.5 Å². The average Bonchev–Trinajstić information content (AvgIpc) is 2.62. The number of hydrogen-bond donors (Lipinski definition) is 1. The standard InChI is InChI=1S/C12H22N2OS/c1-9(2)15-6-5-11(13-4)7-12-8-16-10(3)14-12/h8-9,11,13H,5-7H2,1-4H3. The highest BCUT2D eigenvalue weighted by Crippen LogP contribution is 2.11. The summed E-state index contributed by atoms with van der Waals surface area (Å²) in [5.74, 6) is 0. The number of nitrogens with one attached hydrogen (secondary N) is 1. The first kappa shape index (κ1) is 13.6. The third-order valence-corrected chi connectivity index (χ3v) is 3.27. The Morgan fingerprint density at radius 3 is 2.75 bits per heavy atom. The lowest BCUT2D eigenvalue weighted by molar-refractivity contribution is 0.0719. The second-order valence-electron chi connectivity index (χ2n) is 4.26. The van der Waals surface area contributed by atoms with Crippen LogP contribution < -0.4 is 5.32 Å². The third-order valence-electron chi connectivity index (χ3n) is 2.45. The molecule has 0 amide bonds. The minimum Gasteiger partial charge on any atom is -0.379 e. The van der Waals surface area contributed by atoms with Crippen LogP contribution in [0, 0.1) is 6.92 Å². The van der Waals surface area contributed by atoms with E-state index in [1.54, 1.807) is 11.3 Å². The van der Waals surface area contributed by atoms with Gasteiger partial charge in [0.15, 0.2) is 0 Å². The minimum absolute atomic E-state index is 0.319. The molecule has 0 bridgehead atoms. The molecule has 1 unspecified atom stereocenters. The first-order valence-electron chi connectivity index (χ1n) is 5.81. The molecule has 0 aliphatic carbocycles. The fourth-order valence-electron chi connectivity index (χ4n) is 1.55. The molecule has 1 atom stereocenters. The highest BCUT2D eigenvalue weighted by Gasteiger charge is 2.09. The van der Waals surface area contributed by atoms with Crippen LogP contribution in [0.2, 0.25) is 0 Å². The number of hydrogen-bond acceptors (Lipinski definition) is 4. The zero-order valence-electron chi connectivity index (χ0n) is 10.6. The molecule has 0 radical (unpaired) electrons. The molecule has 0 fully saturated rings. The topological polar surface area (TPSA) is 34.1 Å². The van der Waals surface area contributed by atoms with Crippen molar-refractivity contribution in [2.45, 2.75) is 45.8 Å². The molecular formula is C12H22N2OS. The van der Waals surface area contributed by atoms with E-state index >= 15 is 0 Å². The summed E-state index contributed by atoms with van der Waals surface area (Å²) in [6.45, 7) is 6.99. The number of ether oxygens (including phenoxy) is 1. The fourth-order valence-corrected chi connectivity index (χ4v) is 2.17. The fraction of sp³-hybridized carbons (Fsp3) is 0.750.